The number of nitro groups is 1. The van der Waals surface area contributed by atoms with E-state index in [1.165, 1.54) is 22.5 Å². The Hall–Kier alpha value is -1.03. The molecule has 21 heavy (non-hydrogen) atoms. The molecular formula is C12H15BrN2O5S. The van der Waals surface area contributed by atoms with E-state index in [0.29, 0.717) is 17.3 Å². The van der Waals surface area contributed by atoms with Crippen molar-refractivity contribution in [1.29, 1.82) is 0 Å². The number of piperidine rings is 1. The highest BCUT2D eigenvalue weighted by atomic mass is 79.9. The average molecular weight is 379 g/mol. The summed E-state index contributed by atoms with van der Waals surface area (Å²) in [7, 11) is -3.91. The predicted octanol–water partition coefficient (Wildman–Crippen LogP) is 1.75. The fraction of sp³-hybridized carbons (Fsp3) is 0.500. The molecule has 1 fully saturated rings. The Morgan fingerprint density at radius 3 is 2.52 bits per heavy atom. The first-order chi connectivity index (χ1) is 9.86. The topological polar surface area (TPSA) is 101 Å². The lowest BCUT2D eigenvalue weighted by atomic mass is 10.00. The summed E-state index contributed by atoms with van der Waals surface area (Å²) in [4.78, 5) is 10.0. The van der Waals surface area contributed by atoms with Gasteiger partial charge in [-0.2, -0.15) is 4.31 Å². The van der Waals surface area contributed by atoms with Gasteiger partial charge in [0, 0.05) is 30.2 Å². The quantitative estimate of drug-likeness (QED) is 0.635. The molecule has 0 spiro atoms. The van der Waals surface area contributed by atoms with Crippen molar-refractivity contribution in [3.8, 4) is 0 Å². The Kier molecular flexibility index (Phi) is 4.97. The minimum absolute atomic E-state index is 0.0327. The monoisotopic (exact) mass is 378 g/mol. The van der Waals surface area contributed by atoms with E-state index < -0.39 is 20.6 Å². The Balaban J connectivity index is 2.36. The normalized spacial score (nSPS) is 17.8. The smallest absolute Gasteiger partial charge is 0.289 e. The molecule has 0 radical (unpaired) electrons. The van der Waals surface area contributed by atoms with Crippen LogP contribution >= 0.6 is 15.9 Å². The van der Waals surface area contributed by atoms with E-state index in [0.717, 1.165) is 0 Å². The van der Waals surface area contributed by atoms with E-state index in [-0.39, 0.29) is 30.5 Å². The Bertz CT molecular complexity index is 641. The van der Waals surface area contributed by atoms with E-state index in [1.54, 1.807) is 0 Å². The second kappa shape index (κ2) is 6.39. The average Bonchev–Trinajstić information content (AvgIpc) is 2.47. The molecule has 1 aliphatic heterocycles. The number of benzene rings is 1. The number of halogens is 1. The number of nitrogens with zero attached hydrogens (tertiary/aromatic N) is 2. The molecule has 0 aromatic heterocycles. The molecule has 0 bridgehead atoms. The molecule has 2 rings (SSSR count). The van der Waals surface area contributed by atoms with Crippen LogP contribution in [0.5, 0.6) is 0 Å². The van der Waals surface area contributed by atoms with Crippen LogP contribution in [-0.4, -0.2) is 42.4 Å². The van der Waals surface area contributed by atoms with Crippen LogP contribution in [0.4, 0.5) is 5.69 Å². The van der Waals surface area contributed by atoms with Gasteiger partial charge in [0.2, 0.25) is 10.0 Å². The van der Waals surface area contributed by atoms with Crippen LogP contribution in [0.2, 0.25) is 0 Å². The molecule has 1 aromatic carbocycles. The van der Waals surface area contributed by atoms with Gasteiger partial charge >= 0.3 is 0 Å². The lowest BCUT2D eigenvalue weighted by molar-refractivity contribution is -0.387. The molecule has 1 aromatic rings. The van der Waals surface area contributed by atoms with E-state index >= 15 is 0 Å². The number of sulfonamides is 1. The van der Waals surface area contributed by atoms with Crippen molar-refractivity contribution < 1.29 is 18.4 Å². The Labute approximate surface area is 130 Å². The van der Waals surface area contributed by atoms with Gasteiger partial charge < -0.3 is 5.11 Å². The molecule has 0 aliphatic carbocycles. The van der Waals surface area contributed by atoms with Gasteiger partial charge in [0.1, 0.15) is 0 Å². The number of aliphatic hydroxyl groups is 1. The summed E-state index contributed by atoms with van der Waals surface area (Å²) in [6, 6.07) is 3.87. The second-order valence-corrected chi connectivity index (χ2v) is 7.72. The first-order valence-electron chi connectivity index (χ1n) is 6.41. The molecule has 1 N–H and O–H groups in total. The molecule has 0 unspecified atom stereocenters. The summed E-state index contributed by atoms with van der Waals surface area (Å²) >= 11 is 3.14. The lowest BCUT2D eigenvalue weighted by Crippen LogP contribution is -2.39. The summed E-state index contributed by atoms with van der Waals surface area (Å²) in [5.74, 6) is 0.0916. The molecule has 1 saturated heterocycles. The maximum absolute atomic E-state index is 12.6. The number of hydrogen-bond donors (Lipinski definition) is 1. The molecule has 7 nitrogen and oxygen atoms in total. The maximum atomic E-state index is 12.6. The third-order valence-electron chi connectivity index (χ3n) is 3.57. The fourth-order valence-electron chi connectivity index (χ4n) is 2.32. The number of rotatable bonds is 4. The summed E-state index contributed by atoms with van der Waals surface area (Å²) in [5.41, 5.74) is -0.428. The summed E-state index contributed by atoms with van der Waals surface area (Å²) in [6.07, 6.45) is 1.11. The zero-order valence-electron chi connectivity index (χ0n) is 11.1. The summed E-state index contributed by atoms with van der Waals surface area (Å²) < 4.78 is 26.9. The Morgan fingerprint density at radius 2 is 2.00 bits per heavy atom. The first-order valence-corrected chi connectivity index (χ1v) is 8.64. The molecule has 0 saturated carbocycles. The van der Waals surface area contributed by atoms with Crippen LogP contribution in [0, 0.1) is 16.0 Å². The van der Waals surface area contributed by atoms with E-state index in [4.69, 9.17) is 5.11 Å². The molecule has 1 heterocycles. The fourth-order valence-corrected chi connectivity index (χ4v) is 4.48. The van der Waals surface area contributed by atoms with Gasteiger partial charge in [0.05, 0.1) is 4.92 Å². The van der Waals surface area contributed by atoms with Crippen molar-refractivity contribution in [1.82, 2.24) is 4.31 Å². The van der Waals surface area contributed by atoms with Crippen molar-refractivity contribution >= 4 is 31.6 Å². The molecule has 0 amide bonds. The van der Waals surface area contributed by atoms with Gasteiger partial charge in [-0.3, -0.25) is 10.1 Å². The highest BCUT2D eigenvalue weighted by Gasteiger charge is 2.34. The van der Waals surface area contributed by atoms with Crippen molar-refractivity contribution in [2.45, 2.75) is 17.7 Å². The molecule has 1 aliphatic rings. The highest BCUT2D eigenvalue weighted by molar-refractivity contribution is 9.10. The largest absolute Gasteiger partial charge is 0.396 e. The zero-order valence-corrected chi connectivity index (χ0v) is 13.5. The van der Waals surface area contributed by atoms with Crippen molar-refractivity contribution in [2.75, 3.05) is 19.7 Å². The standard InChI is InChI=1S/C12H15BrN2O5S/c13-10-1-2-11(15(17)18)12(7-10)21(19,20)14-5-3-9(8-16)4-6-14/h1-2,7,9,16H,3-6,8H2. The number of hydrogen-bond acceptors (Lipinski definition) is 5. The first kappa shape index (κ1) is 16.3. The zero-order chi connectivity index (χ0) is 15.6. The van der Waals surface area contributed by atoms with Gasteiger partial charge in [-0.1, -0.05) is 15.9 Å². The van der Waals surface area contributed by atoms with Gasteiger partial charge in [-0.05, 0) is 30.9 Å². The molecule has 9 heteroatoms. The van der Waals surface area contributed by atoms with Crippen molar-refractivity contribution in [3.05, 3.63) is 32.8 Å². The second-order valence-electron chi connectivity index (χ2n) is 4.90. The van der Waals surface area contributed by atoms with Crippen LogP contribution < -0.4 is 0 Å². The highest BCUT2D eigenvalue weighted by Crippen LogP contribution is 2.31. The number of aliphatic hydroxyl groups excluding tert-OH is 1. The van der Waals surface area contributed by atoms with Gasteiger partial charge in [0.15, 0.2) is 4.90 Å². The van der Waals surface area contributed by atoms with Crippen molar-refractivity contribution in [2.24, 2.45) is 5.92 Å². The molecule has 0 atom stereocenters. The SMILES string of the molecule is O=[N+]([O-])c1ccc(Br)cc1S(=O)(=O)N1CCC(CO)CC1. The van der Waals surface area contributed by atoms with Crippen LogP contribution in [0.15, 0.2) is 27.6 Å². The van der Waals surface area contributed by atoms with E-state index in [9.17, 15) is 18.5 Å². The van der Waals surface area contributed by atoms with Crippen LogP contribution in [-0.2, 0) is 10.0 Å². The number of nitro benzene ring substituents is 1. The maximum Gasteiger partial charge on any atom is 0.289 e. The van der Waals surface area contributed by atoms with Crippen molar-refractivity contribution in [3.63, 3.8) is 0 Å². The van der Waals surface area contributed by atoms with Gasteiger partial charge in [0.25, 0.3) is 5.69 Å². The lowest BCUT2D eigenvalue weighted by Gasteiger charge is -2.30. The third-order valence-corrected chi connectivity index (χ3v) is 5.99. The third kappa shape index (κ3) is 3.42. The van der Waals surface area contributed by atoms with E-state index in [1.807, 2.05) is 0 Å². The van der Waals surface area contributed by atoms with Gasteiger partial charge in [-0.25, -0.2) is 8.42 Å². The van der Waals surface area contributed by atoms with Gasteiger partial charge in [-0.15, -0.1) is 0 Å². The predicted molar refractivity (Wildman–Crippen MR) is 79.4 cm³/mol. The minimum Gasteiger partial charge on any atom is -0.396 e. The molecular weight excluding hydrogens is 364 g/mol. The van der Waals surface area contributed by atoms with E-state index in [2.05, 4.69) is 15.9 Å². The minimum atomic E-state index is -3.91. The summed E-state index contributed by atoms with van der Waals surface area (Å²) in [5, 5.41) is 20.1. The summed E-state index contributed by atoms with van der Waals surface area (Å²) in [6.45, 7) is 0.555. The van der Waals surface area contributed by atoms with Crippen LogP contribution in [0.1, 0.15) is 12.8 Å². The van der Waals surface area contributed by atoms with Crippen LogP contribution in [0.25, 0.3) is 0 Å². The Morgan fingerprint density at radius 1 is 1.38 bits per heavy atom. The molecule has 116 valence electrons. The van der Waals surface area contributed by atoms with Crippen LogP contribution in [0.3, 0.4) is 0 Å².